The lowest BCUT2D eigenvalue weighted by molar-refractivity contribution is 0.0285. The summed E-state index contributed by atoms with van der Waals surface area (Å²) in [5.41, 5.74) is -0.474. The third-order valence-corrected chi connectivity index (χ3v) is 5.13. The van der Waals surface area contributed by atoms with E-state index in [0.717, 1.165) is 0 Å². The molecule has 98 valence electrons. The second-order valence-electron chi connectivity index (χ2n) is 6.05. The number of amides is 1. The van der Waals surface area contributed by atoms with E-state index in [2.05, 4.69) is 0 Å². The van der Waals surface area contributed by atoms with Crippen LogP contribution < -0.4 is 0 Å². The van der Waals surface area contributed by atoms with Crippen molar-refractivity contribution in [3.63, 3.8) is 0 Å². The fourth-order valence-electron chi connectivity index (χ4n) is 2.55. The van der Waals surface area contributed by atoms with E-state index < -0.39 is 15.3 Å². The number of nitrogens with one attached hydrogen (secondary N) is 1. The normalized spacial score (nSPS) is 37.0. The number of rotatable bonds is 0. The smallest absolute Gasteiger partial charge is 0.410 e. The van der Waals surface area contributed by atoms with E-state index in [1.807, 2.05) is 20.8 Å². The zero-order valence-electron chi connectivity index (χ0n) is 10.6. The molecule has 2 heterocycles. The van der Waals surface area contributed by atoms with Crippen LogP contribution in [0.5, 0.6) is 0 Å². The summed E-state index contributed by atoms with van der Waals surface area (Å²) in [6.45, 7) is 6.72. The first-order chi connectivity index (χ1) is 7.66. The minimum absolute atomic E-state index is 0.229. The highest BCUT2D eigenvalue weighted by Gasteiger charge is 2.44. The van der Waals surface area contributed by atoms with Crippen LogP contribution in [-0.4, -0.2) is 45.4 Å². The lowest BCUT2D eigenvalue weighted by Gasteiger charge is -2.24. The molecule has 0 saturated carbocycles. The Morgan fingerprint density at radius 3 is 2.18 bits per heavy atom. The van der Waals surface area contributed by atoms with Crippen molar-refractivity contribution in [2.75, 3.05) is 24.6 Å². The van der Waals surface area contributed by atoms with Gasteiger partial charge in [-0.1, -0.05) is 0 Å². The summed E-state index contributed by atoms with van der Waals surface area (Å²) in [5.74, 6) is 1.34. The Morgan fingerprint density at radius 2 is 1.76 bits per heavy atom. The van der Waals surface area contributed by atoms with E-state index in [9.17, 15) is 9.00 Å². The van der Waals surface area contributed by atoms with Crippen LogP contribution in [0.15, 0.2) is 0 Å². The molecular formula is C11H20N2O3S. The maximum Gasteiger partial charge on any atom is 0.410 e. The summed E-state index contributed by atoms with van der Waals surface area (Å²) in [5, 5.41) is 0. The van der Waals surface area contributed by atoms with Gasteiger partial charge >= 0.3 is 6.09 Å². The molecule has 5 nitrogen and oxygen atoms in total. The molecule has 2 unspecified atom stereocenters. The molecule has 2 aliphatic rings. The number of ether oxygens (including phenoxy) is 1. The fourth-order valence-corrected chi connectivity index (χ4v) is 4.83. The zero-order chi connectivity index (χ0) is 12.8. The summed E-state index contributed by atoms with van der Waals surface area (Å²) >= 11 is 0. The molecule has 0 aliphatic carbocycles. The van der Waals surface area contributed by atoms with Gasteiger partial charge in [0.2, 0.25) is 0 Å². The maximum absolute atomic E-state index is 11.8. The summed E-state index contributed by atoms with van der Waals surface area (Å²) in [4.78, 5) is 13.5. The van der Waals surface area contributed by atoms with Crippen molar-refractivity contribution >= 4 is 15.8 Å². The summed E-state index contributed by atoms with van der Waals surface area (Å²) in [6, 6.07) is 0. The van der Waals surface area contributed by atoms with Crippen LogP contribution in [0.25, 0.3) is 0 Å². The molecule has 2 atom stereocenters. The third kappa shape index (κ3) is 2.91. The van der Waals surface area contributed by atoms with Crippen LogP contribution in [-0.2, 0) is 14.5 Å². The molecule has 0 spiro atoms. The molecule has 17 heavy (non-hydrogen) atoms. The molecule has 0 radical (unpaired) electrons. The van der Waals surface area contributed by atoms with E-state index in [-0.39, 0.29) is 17.9 Å². The Morgan fingerprint density at radius 1 is 1.29 bits per heavy atom. The maximum atomic E-state index is 11.8. The first kappa shape index (κ1) is 12.7. The van der Waals surface area contributed by atoms with Crippen LogP contribution in [0.4, 0.5) is 4.79 Å². The van der Waals surface area contributed by atoms with E-state index in [1.54, 1.807) is 4.90 Å². The Kier molecular flexibility index (Phi) is 2.88. The van der Waals surface area contributed by atoms with Gasteiger partial charge in [0.05, 0.1) is 0 Å². The highest BCUT2D eigenvalue weighted by atomic mass is 32.2. The number of hydrogen-bond donors (Lipinski definition) is 1. The van der Waals surface area contributed by atoms with Gasteiger partial charge in [-0.05, 0) is 32.6 Å². The third-order valence-electron chi connectivity index (χ3n) is 3.19. The minimum Gasteiger partial charge on any atom is -0.444 e. The number of likely N-dealkylation sites (tertiary alicyclic amines) is 1. The number of hydrogen-bond acceptors (Lipinski definition) is 4. The molecule has 6 heteroatoms. The Labute approximate surface area is 102 Å². The second kappa shape index (κ2) is 3.86. The molecule has 1 N–H and O–H groups in total. The van der Waals surface area contributed by atoms with Gasteiger partial charge in [-0.3, -0.25) is 4.78 Å². The number of carbonyl (C=O) groups is 1. The summed E-state index contributed by atoms with van der Waals surface area (Å²) < 4.78 is 24.5. The molecular weight excluding hydrogens is 240 g/mol. The summed E-state index contributed by atoms with van der Waals surface area (Å²) in [6.07, 6.45) is -0.289. The average molecular weight is 260 g/mol. The first-order valence-corrected chi connectivity index (χ1v) is 7.78. The van der Waals surface area contributed by atoms with Crippen LogP contribution in [0, 0.1) is 16.6 Å². The molecule has 0 aromatic heterocycles. The monoisotopic (exact) mass is 260 g/mol. The van der Waals surface area contributed by atoms with Crippen LogP contribution in [0.1, 0.15) is 20.8 Å². The second-order valence-corrected chi connectivity index (χ2v) is 8.34. The largest absolute Gasteiger partial charge is 0.444 e. The van der Waals surface area contributed by atoms with Gasteiger partial charge in [0.1, 0.15) is 5.60 Å². The van der Waals surface area contributed by atoms with E-state index in [1.165, 1.54) is 0 Å². The number of nitrogens with zero attached hydrogens (tertiary/aromatic N) is 1. The van der Waals surface area contributed by atoms with Crippen molar-refractivity contribution in [2.45, 2.75) is 26.4 Å². The van der Waals surface area contributed by atoms with Gasteiger partial charge in [0.15, 0.2) is 0 Å². The predicted octanol–water partition coefficient (Wildman–Crippen LogP) is 1.53. The SMILES string of the molecule is CC(C)(C)OC(=O)N1CC2CS(=N)(=O)CC2C1. The van der Waals surface area contributed by atoms with Crippen molar-refractivity contribution in [3.05, 3.63) is 0 Å². The summed E-state index contributed by atoms with van der Waals surface area (Å²) in [7, 11) is -2.37. The fraction of sp³-hybridized carbons (Fsp3) is 0.909. The molecule has 2 fully saturated rings. The number of fused-ring (bicyclic) bond motifs is 1. The predicted molar refractivity (Wildman–Crippen MR) is 65.4 cm³/mol. The molecule has 0 aromatic rings. The molecule has 1 amide bonds. The van der Waals surface area contributed by atoms with Crippen molar-refractivity contribution < 1.29 is 13.7 Å². The highest BCUT2D eigenvalue weighted by molar-refractivity contribution is 7.92. The number of carbonyl (C=O) groups excluding carboxylic acids is 1. The standard InChI is InChI=1S/C11H20N2O3S/c1-11(2,3)16-10(14)13-4-8-6-17(12,15)7-9(8)5-13/h8-9,12H,4-7H2,1-3H3. The Bertz CT molecular complexity index is 404. The van der Waals surface area contributed by atoms with Gasteiger partial charge in [-0.2, -0.15) is 0 Å². The van der Waals surface area contributed by atoms with E-state index in [0.29, 0.717) is 24.6 Å². The van der Waals surface area contributed by atoms with Crippen LogP contribution in [0.2, 0.25) is 0 Å². The molecule has 0 aromatic carbocycles. The molecule has 0 bridgehead atoms. The molecule has 2 aliphatic heterocycles. The van der Waals surface area contributed by atoms with Crippen molar-refractivity contribution in [3.8, 4) is 0 Å². The van der Waals surface area contributed by atoms with E-state index in [4.69, 9.17) is 9.52 Å². The van der Waals surface area contributed by atoms with Gasteiger partial charge in [-0.25, -0.2) is 9.00 Å². The van der Waals surface area contributed by atoms with Crippen LogP contribution >= 0.6 is 0 Å². The Hall–Kier alpha value is -0.780. The van der Waals surface area contributed by atoms with Crippen LogP contribution in [0.3, 0.4) is 0 Å². The van der Waals surface area contributed by atoms with Crippen molar-refractivity contribution in [1.29, 1.82) is 4.78 Å². The molecule has 2 rings (SSSR count). The van der Waals surface area contributed by atoms with Crippen molar-refractivity contribution in [2.24, 2.45) is 11.8 Å². The van der Waals surface area contributed by atoms with Gasteiger partial charge in [0, 0.05) is 34.3 Å². The average Bonchev–Trinajstić information content (AvgIpc) is 2.53. The van der Waals surface area contributed by atoms with Gasteiger partial charge < -0.3 is 9.64 Å². The zero-order valence-corrected chi connectivity index (χ0v) is 11.4. The quantitative estimate of drug-likeness (QED) is 0.718. The topological polar surface area (TPSA) is 70.5 Å². The highest BCUT2D eigenvalue weighted by Crippen LogP contribution is 2.33. The Balaban J connectivity index is 1.95. The lowest BCUT2D eigenvalue weighted by Crippen LogP contribution is -2.36. The lowest BCUT2D eigenvalue weighted by atomic mass is 10.0. The first-order valence-electron chi connectivity index (χ1n) is 5.88. The molecule has 2 saturated heterocycles. The van der Waals surface area contributed by atoms with E-state index >= 15 is 0 Å². The van der Waals surface area contributed by atoms with Gasteiger partial charge in [-0.15, -0.1) is 0 Å². The van der Waals surface area contributed by atoms with Gasteiger partial charge in [0.25, 0.3) is 0 Å². The van der Waals surface area contributed by atoms with Crippen molar-refractivity contribution in [1.82, 2.24) is 4.90 Å². The minimum atomic E-state index is -2.37.